The molecule has 1 N–H and O–H groups in total. The van der Waals surface area contributed by atoms with Gasteiger partial charge in [-0.05, 0) is 13.3 Å². The molecule has 88 valence electrons. The molecule has 1 rings (SSSR count). The monoisotopic (exact) mass is 212 g/mol. The maximum atomic E-state index is 11.8. The third kappa shape index (κ3) is 4.65. The van der Waals surface area contributed by atoms with Gasteiger partial charge in [0.25, 0.3) is 0 Å². The SMILES string of the molecule is CCCCCCC(=O)N1CCN[C@H](C)C1. The van der Waals surface area contributed by atoms with Gasteiger partial charge in [-0.15, -0.1) is 0 Å². The van der Waals surface area contributed by atoms with Gasteiger partial charge in [0.15, 0.2) is 0 Å². The molecular weight excluding hydrogens is 188 g/mol. The van der Waals surface area contributed by atoms with Gasteiger partial charge in [0.1, 0.15) is 0 Å². The Bertz CT molecular complexity index is 194. The van der Waals surface area contributed by atoms with E-state index in [1.165, 1.54) is 19.3 Å². The number of hydrogen-bond acceptors (Lipinski definition) is 2. The Morgan fingerprint density at radius 2 is 2.20 bits per heavy atom. The fourth-order valence-corrected chi connectivity index (χ4v) is 2.02. The van der Waals surface area contributed by atoms with Crippen LogP contribution in [0.2, 0.25) is 0 Å². The molecule has 15 heavy (non-hydrogen) atoms. The second-order valence-electron chi connectivity index (χ2n) is 4.51. The van der Waals surface area contributed by atoms with Crippen LogP contribution in [-0.4, -0.2) is 36.5 Å². The first kappa shape index (κ1) is 12.5. The molecule has 0 aromatic carbocycles. The van der Waals surface area contributed by atoms with Gasteiger partial charge in [-0.1, -0.05) is 26.2 Å². The summed E-state index contributed by atoms with van der Waals surface area (Å²) in [6.07, 6.45) is 5.49. The lowest BCUT2D eigenvalue weighted by atomic mass is 10.1. The zero-order valence-electron chi connectivity index (χ0n) is 10.1. The van der Waals surface area contributed by atoms with Crippen LogP contribution in [0.15, 0.2) is 0 Å². The number of nitrogens with one attached hydrogen (secondary N) is 1. The Hall–Kier alpha value is -0.570. The number of carbonyl (C=O) groups is 1. The van der Waals surface area contributed by atoms with Gasteiger partial charge in [0, 0.05) is 32.1 Å². The van der Waals surface area contributed by atoms with Gasteiger partial charge in [-0.25, -0.2) is 0 Å². The predicted molar refractivity (Wildman–Crippen MR) is 62.8 cm³/mol. The van der Waals surface area contributed by atoms with Crippen molar-refractivity contribution in [2.24, 2.45) is 0 Å². The molecule has 1 fully saturated rings. The summed E-state index contributed by atoms with van der Waals surface area (Å²) in [6.45, 7) is 7.04. The zero-order valence-corrected chi connectivity index (χ0v) is 10.1. The number of amides is 1. The van der Waals surface area contributed by atoms with Gasteiger partial charge in [-0.3, -0.25) is 4.79 Å². The van der Waals surface area contributed by atoms with Gasteiger partial charge in [0.05, 0.1) is 0 Å². The summed E-state index contributed by atoms with van der Waals surface area (Å²) < 4.78 is 0. The van der Waals surface area contributed by atoms with Crippen molar-refractivity contribution in [1.29, 1.82) is 0 Å². The van der Waals surface area contributed by atoms with Crippen LogP contribution in [0.3, 0.4) is 0 Å². The van der Waals surface area contributed by atoms with Crippen LogP contribution < -0.4 is 5.32 Å². The lowest BCUT2D eigenvalue weighted by Gasteiger charge is -2.32. The third-order valence-electron chi connectivity index (χ3n) is 2.97. The molecule has 0 saturated carbocycles. The summed E-state index contributed by atoms with van der Waals surface area (Å²) in [5, 5.41) is 3.35. The fourth-order valence-electron chi connectivity index (χ4n) is 2.02. The highest BCUT2D eigenvalue weighted by Gasteiger charge is 2.19. The molecule has 3 heteroatoms. The van der Waals surface area contributed by atoms with E-state index < -0.39 is 0 Å². The zero-order chi connectivity index (χ0) is 11.1. The average Bonchev–Trinajstić information content (AvgIpc) is 2.24. The summed E-state index contributed by atoms with van der Waals surface area (Å²) in [6, 6.07) is 0.457. The van der Waals surface area contributed by atoms with Crippen molar-refractivity contribution < 1.29 is 4.79 Å². The largest absolute Gasteiger partial charge is 0.340 e. The van der Waals surface area contributed by atoms with Gasteiger partial charge in [0.2, 0.25) is 5.91 Å². The van der Waals surface area contributed by atoms with Crippen LogP contribution >= 0.6 is 0 Å². The molecule has 1 saturated heterocycles. The molecule has 0 aromatic rings. The van der Waals surface area contributed by atoms with Crippen LogP contribution in [-0.2, 0) is 4.79 Å². The average molecular weight is 212 g/mol. The van der Waals surface area contributed by atoms with Crippen molar-refractivity contribution in [2.75, 3.05) is 19.6 Å². The highest BCUT2D eigenvalue weighted by molar-refractivity contribution is 5.76. The number of hydrogen-bond donors (Lipinski definition) is 1. The minimum Gasteiger partial charge on any atom is -0.340 e. The smallest absolute Gasteiger partial charge is 0.222 e. The Kier molecular flexibility index (Phi) is 5.69. The molecule has 1 atom stereocenters. The number of unbranched alkanes of at least 4 members (excludes halogenated alkanes) is 3. The third-order valence-corrected chi connectivity index (χ3v) is 2.97. The van der Waals surface area contributed by atoms with Crippen LogP contribution in [0.25, 0.3) is 0 Å². The summed E-state index contributed by atoms with van der Waals surface area (Å²) in [5.41, 5.74) is 0. The van der Waals surface area contributed by atoms with E-state index in [0.717, 1.165) is 32.5 Å². The summed E-state index contributed by atoms with van der Waals surface area (Å²) in [7, 11) is 0. The maximum absolute atomic E-state index is 11.8. The van der Waals surface area contributed by atoms with Gasteiger partial charge in [-0.2, -0.15) is 0 Å². The molecule has 1 aliphatic heterocycles. The van der Waals surface area contributed by atoms with E-state index >= 15 is 0 Å². The highest BCUT2D eigenvalue weighted by Crippen LogP contribution is 2.07. The van der Waals surface area contributed by atoms with E-state index in [4.69, 9.17) is 0 Å². The fraction of sp³-hybridized carbons (Fsp3) is 0.917. The Labute approximate surface area is 93.2 Å². The van der Waals surface area contributed by atoms with E-state index in [1.54, 1.807) is 0 Å². The normalized spacial score (nSPS) is 21.7. The van der Waals surface area contributed by atoms with Crippen molar-refractivity contribution in [2.45, 2.75) is 52.0 Å². The molecule has 1 amide bonds. The topological polar surface area (TPSA) is 32.3 Å². The van der Waals surface area contributed by atoms with Crippen molar-refractivity contribution in [3.8, 4) is 0 Å². The molecular formula is C12H24N2O. The molecule has 0 unspecified atom stereocenters. The van der Waals surface area contributed by atoms with Crippen molar-refractivity contribution in [3.63, 3.8) is 0 Å². The summed E-state index contributed by atoms with van der Waals surface area (Å²) in [4.78, 5) is 13.8. The van der Waals surface area contributed by atoms with E-state index in [-0.39, 0.29) is 0 Å². The molecule has 0 bridgehead atoms. The second-order valence-corrected chi connectivity index (χ2v) is 4.51. The summed E-state index contributed by atoms with van der Waals surface area (Å²) in [5.74, 6) is 0.347. The van der Waals surface area contributed by atoms with E-state index in [1.807, 2.05) is 4.90 Å². The molecule has 1 heterocycles. The molecule has 0 aliphatic carbocycles. The van der Waals surface area contributed by atoms with Gasteiger partial charge >= 0.3 is 0 Å². The molecule has 3 nitrogen and oxygen atoms in total. The first-order chi connectivity index (χ1) is 7.24. The van der Waals surface area contributed by atoms with Crippen LogP contribution in [0, 0.1) is 0 Å². The number of nitrogens with zero attached hydrogens (tertiary/aromatic N) is 1. The number of piperazine rings is 1. The molecule has 0 aromatic heterocycles. The first-order valence-corrected chi connectivity index (χ1v) is 6.25. The minimum atomic E-state index is 0.347. The van der Waals surface area contributed by atoms with Crippen molar-refractivity contribution >= 4 is 5.91 Å². The molecule has 0 radical (unpaired) electrons. The van der Waals surface area contributed by atoms with Crippen LogP contribution in [0.5, 0.6) is 0 Å². The van der Waals surface area contributed by atoms with E-state index in [0.29, 0.717) is 11.9 Å². The van der Waals surface area contributed by atoms with Crippen LogP contribution in [0.1, 0.15) is 46.0 Å². The molecule has 1 aliphatic rings. The minimum absolute atomic E-state index is 0.347. The van der Waals surface area contributed by atoms with Crippen molar-refractivity contribution in [3.05, 3.63) is 0 Å². The Balaban J connectivity index is 2.15. The summed E-state index contributed by atoms with van der Waals surface area (Å²) >= 11 is 0. The lowest BCUT2D eigenvalue weighted by Crippen LogP contribution is -2.51. The van der Waals surface area contributed by atoms with E-state index in [9.17, 15) is 4.79 Å². The highest BCUT2D eigenvalue weighted by atomic mass is 16.2. The second kappa shape index (κ2) is 6.83. The number of carbonyl (C=O) groups excluding carboxylic acids is 1. The van der Waals surface area contributed by atoms with Crippen LogP contribution in [0.4, 0.5) is 0 Å². The van der Waals surface area contributed by atoms with Gasteiger partial charge < -0.3 is 10.2 Å². The first-order valence-electron chi connectivity index (χ1n) is 6.25. The predicted octanol–water partition coefficient (Wildman–Crippen LogP) is 1.78. The number of rotatable bonds is 5. The van der Waals surface area contributed by atoms with Crippen molar-refractivity contribution in [1.82, 2.24) is 10.2 Å². The Morgan fingerprint density at radius 1 is 1.40 bits per heavy atom. The molecule has 0 spiro atoms. The standard InChI is InChI=1S/C12H24N2O/c1-3-4-5-6-7-12(15)14-9-8-13-11(2)10-14/h11,13H,3-10H2,1-2H3/t11-/m1/s1. The Morgan fingerprint density at radius 3 is 2.87 bits per heavy atom. The maximum Gasteiger partial charge on any atom is 0.222 e. The van der Waals surface area contributed by atoms with E-state index in [2.05, 4.69) is 19.2 Å². The quantitative estimate of drug-likeness (QED) is 0.705. The lowest BCUT2D eigenvalue weighted by molar-refractivity contribution is -0.132.